The molecule has 20 heavy (non-hydrogen) atoms. The third kappa shape index (κ3) is 3.58. The van der Waals surface area contributed by atoms with Crippen LogP contribution in [0.3, 0.4) is 0 Å². The number of aryl methyl sites for hydroxylation is 1. The fraction of sp³-hybridized carbons (Fsp3) is 0.286. The second kappa shape index (κ2) is 5.75. The lowest BCUT2D eigenvalue weighted by atomic mass is 10.0. The molecule has 2 amide bonds. The molecule has 0 aliphatic heterocycles. The molecule has 0 bridgehead atoms. The summed E-state index contributed by atoms with van der Waals surface area (Å²) in [6, 6.07) is 6.40. The fourth-order valence-electron chi connectivity index (χ4n) is 1.67. The standard InChI is InChI=1S/C14H17N3O3/c1-10-3-4-12(20-10)14(2,19)9-16-13(18)17-11-5-7-15-8-6-11/h3-8,19H,9H2,1-2H3,(H2,15,16,17,18). The largest absolute Gasteiger partial charge is 0.463 e. The number of carbonyl (C=O) groups is 1. The van der Waals surface area contributed by atoms with Gasteiger partial charge < -0.3 is 20.2 Å². The van der Waals surface area contributed by atoms with E-state index in [0.29, 0.717) is 17.2 Å². The first-order valence-electron chi connectivity index (χ1n) is 6.21. The average Bonchev–Trinajstić information content (AvgIpc) is 2.85. The lowest BCUT2D eigenvalue weighted by molar-refractivity contribution is 0.0364. The van der Waals surface area contributed by atoms with Crippen molar-refractivity contribution in [1.82, 2.24) is 10.3 Å². The number of nitrogens with zero attached hydrogens (tertiary/aromatic N) is 1. The molecule has 0 saturated heterocycles. The molecular weight excluding hydrogens is 258 g/mol. The zero-order valence-electron chi connectivity index (χ0n) is 11.4. The van der Waals surface area contributed by atoms with E-state index in [9.17, 15) is 9.90 Å². The predicted octanol–water partition coefficient (Wildman–Crippen LogP) is 2.01. The maximum absolute atomic E-state index is 11.7. The molecule has 0 aliphatic rings. The summed E-state index contributed by atoms with van der Waals surface area (Å²) in [5, 5.41) is 15.5. The van der Waals surface area contributed by atoms with Crippen LogP contribution in [0.25, 0.3) is 0 Å². The number of rotatable bonds is 4. The van der Waals surface area contributed by atoms with E-state index in [1.807, 2.05) is 0 Å². The Morgan fingerprint density at radius 3 is 2.65 bits per heavy atom. The van der Waals surface area contributed by atoms with Crippen molar-refractivity contribution in [1.29, 1.82) is 0 Å². The molecule has 106 valence electrons. The third-order valence-corrected chi connectivity index (χ3v) is 2.80. The van der Waals surface area contributed by atoms with E-state index < -0.39 is 11.6 Å². The van der Waals surface area contributed by atoms with Gasteiger partial charge in [0.05, 0.1) is 6.54 Å². The molecule has 1 atom stereocenters. The van der Waals surface area contributed by atoms with Crippen LogP contribution < -0.4 is 10.6 Å². The number of carbonyl (C=O) groups excluding carboxylic acids is 1. The van der Waals surface area contributed by atoms with Gasteiger partial charge in [-0.3, -0.25) is 4.98 Å². The van der Waals surface area contributed by atoms with E-state index in [2.05, 4.69) is 15.6 Å². The normalized spacial score (nSPS) is 13.6. The molecule has 0 aromatic carbocycles. The predicted molar refractivity (Wildman–Crippen MR) is 74.3 cm³/mol. The summed E-state index contributed by atoms with van der Waals surface area (Å²) in [6.45, 7) is 3.41. The van der Waals surface area contributed by atoms with Crippen molar-refractivity contribution < 1.29 is 14.3 Å². The van der Waals surface area contributed by atoms with Crippen LogP contribution in [-0.4, -0.2) is 22.7 Å². The minimum atomic E-state index is -1.26. The Labute approximate surface area is 116 Å². The SMILES string of the molecule is Cc1ccc(C(C)(O)CNC(=O)Nc2ccncc2)o1. The molecule has 2 aromatic rings. The highest BCUT2D eigenvalue weighted by Crippen LogP contribution is 2.21. The first-order chi connectivity index (χ1) is 9.47. The second-order valence-electron chi connectivity index (χ2n) is 4.73. The summed E-state index contributed by atoms with van der Waals surface area (Å²) >= 11 is 0. The zero-order valence-corrected chi connectivity index (χ0v) is 11.4. The molecule has 0 aliphatic carbocycles. The van der Waals surface area contributed by atoms with E-state index >= 15 is 0 Å². The highest BCUT2D eigenvalue weighted by Gasteiger charge is 2.27. The van der Waals surface area contributed by atoms with Crippen LogP contribution in [0.4, 0.5) is 10.5 Å². The summed E-state index contributed by atoms with van der Waals surface area (Å²) in [6.07, 6.45) is 3.16. The average molecular weight is 275 g/mol. The van der Waals surface area contributed by atoms with Crippen LogP contribution in [0, 0.1) is 6.92 Å². The number of hydrogen-bond donors (Lipinski definition) is 3. The van der Waals surface area contributed by atoms with E-state index in [0.717, 1.165) is 0 Å². The molecule has 0 radical (unpaired) electrons. The monoisotopic (exact) mass is 275 g/mol. The summed E-state index contributed by atoms with van der Waals surface area (Å²) in [7, 11) is 0. The van der Waals surface area contributed by atoms with Gasteiger partial charge in [-0.1, -0.05) is 0 Å². The Morgan fingerprint density at radius 1 is 1.35 bits per heavy atom. The van der Waals surface area contributed by atoms with Crippen LogP contribution in [0.5, 0.6) is 0 Å². The maximum atomic E-state index is 11.7. The number of anilines is 1. The van der Waals surface area contributed by atoms with Crippen LogP contribution in [0.1, 0.15) is 18.4 Å². The summed E-state index contributed by atoms with van der Waals surface area (Å²) in [5.41, 5.74) is -0.630. The zero-order chi connectivity index (χ0) is 14.6. The second-order valence-corrected chi connectivity index (χ2v) is 4.73. The molecule has 2 rings (SSSR count). The van der Waals surface area contributed by atoms with Crippen molar-refractivity contribution in [2.75, 3.05) is 11.9 Å². The summed E-state index contributed by atoms with van der Waals surface area (Å²) in [4.78, 5) is 15.6. The lowest BCUT2D eigenvalue weighted by Crippen LogP contribution is -2.40. The number of nitrogens with one attached hydrogen (secondary N) is 2. The van der Waals surface area contributed by atoms with Crippen molar-refractivity contribution in [2.45, 2.75) is 19.4 Å². The van der Waals surface area contributed by atoms with Crippen molar-refractivity contribution in [3.63, 3.8) is 0 Å². The molecule has 1 unspecified atom stereocenters. The maximum Gasteiger partial charge on any atom is 0.319 e. The first kappa shape index (κ1) is 14.1. The van der Waals surface area contributed by atoms with Crippen LogP contribution in [0.15, 0.2) is 41.1 Å². The Morgan fingerprint density at radius 2 is 2.05 bits per heavy atom. The third-order valence-electron chi connectivity index (χ3n) is 2.80. The van der Waals surface area contributed by atoms with Crippen molar-refractivity contribution in [3.05, 3.63) is 48.2 Å². The minimum Gasteiger partial charge on any atom is -0.463 e. The molecule has 0 saturated carbocycles. The number of aromatic nitrogens is 1. The Kier molecular flexibility index (Phi) is 4.05. The van der Waals surface area contributed by atoms with E-state index in [-0.39, 0.29) is 6.54 Å². The fourth-order valence-corrected chi connectivity index (χ4v) is 1.67. The van der Waals surface area contributed by atoms with Crippen molar-refractivity contribution in [3.8, 4) is 0 Å². The smallest absolute Gasteiger partial charge is 0.319 e. The number of aliphatic hydroxyl groups is 1. The quantitative estimate of drug-likeness (QED) is 0.796. The molecule has 3 N–H and O–H groups in total. The van der Waals surface area contributed by atoms with E-state index in [1.165, 1.54) is 0 Å². The number of amides is 2. The Bertz CT molecular complexity index is 578. The molecule has 2 heterocycles. The molecule has 2 aromatic heterocycles. The van der Waals surface area contributed by atoms with Gasteiger partial charge in [-0.2, -0.15) is 0 Å². The summed E-state index contributed by atoms with van der Waals surface area (Å²) < 4.78 is 5.37. The Balaban J connectivity index is 1.89. The van der Waals surface area contributed by atoms with Gasteiger partial charge in [0.15, 0.2) is 0 Å². The molecule has 0 spiro atoms. The van der Waals surface area contributed by atoms with Gasteiger partial charge in [0.2, 0.25) is 0 Å². The van der Waals surface area contributed by atoms with Crippen LogP contribution >= 0.6 is 0 Å². The summed E-state index contributed by atoms with van der Waals surface area (Å²) in [5.74, 6) is 1.13. The van der Waals surface area contributed by atoms with Gasteiger partial charge in [0.25, 0.3) is 0 Å². The number of hydrogen-bond acceptors (Lipinski definition) is 4. The number of furan rings is 1. The topological polar surface area (TPSA) is 87.4 Å². The van der Waals surface area contributed by atoms with Crippen molar-refractivity contribution in [2.24, 2.45) is 0 Å². The minimum absolute atomic E-state index is 0.0386. The van der Waals surface area contributed by atoms with Gasteiger partial charge in [-0.15, -0.1) is 0 Å². The van der Waals surface area contributed by atoms with Gasteiger partial charge in [-0.25, -0.2) is 4.79 Å². The number of pyridine rings is 1. The van der Waals surface area contributed by atoms with E-state index in [1.54, 1.807) is 50.5 Å². The van der Waals surface area contributed by atoms with Crippen LogP contribution in [0.2, 0.25) is 0 Å². The van der Waals surface area contributed by atoms with Gasteiger partial charge in [-0.05, 0) is 38.1 Å². The first-order valence-corrected chi connectivity index (χ1v) is 6.21. The molecule has 0 fully saturated rings. The number of urea groups is 1. The highest BCUT2D eigenvalue weighted by atomic mass is 16.4. The molecular formula is C14H17N3O3. The molecule has 6 nitrogen and oxygen atoms in total. The van der Waals surface area contributed by atoms with Crippen LogP contribution in [-0.2, 0) is 5.60 Å². The van der Waals surface area contributed by atoms with E-state index in [4.69, 9.17) is 4.42 Å². The van der Waals surface area contributed by atoms with Gasteiger partial charge in [0.1, 0.15) is 17.1 Å². The van der Waals surface area contributed by atoms with Crippen molar-refractivity contribution >= 4 is 11.7 Å². The lowest BCUT2D eigenvalue weighted by Gasteiger charge is -2.21. The highest BCUT2D eigenvalue weighted by molar-refractivity contribution is 5.89. The van der Waals surface area contributed by atoms with Gasteiger partial charge >= 0.3 is 6.03 Å². The van der Waals surface area contributed by atoms with Gasteiger partial charge in [0, 0.05) is 18.1 Å². The Hall–Kier alpha value is -2.34. The molecule has 6 heteroatoms.